The molecule has 0 radical (unpaired) electrons. The van der Waals surface area contributed by atoms with Gasteiger partial charge in [-0.2, -0.15) is 0 Å². The lowest BCUT2D eigenvalue weighted by Crippen LogP contribution is -2.26. The van der Waals surface area contributed by atoms with E-state index in [2.05, 4.69) is 32.5 Å². The second-order valence-corrected chi connectivity index (χ2v) is 3.66. The van der Waals surface area contributed by atoms with Crippen LogP contribution in [0.4, 0.5) is 0 Å². The molecule has 0 aliphatic rings. The van der Waals surface area contributed by atoms with Crippen molar-refractivity contribution in [2.75, 3.05) is 20.6 Å². The Morgan fingerprint density at radius 3 is 2.50 bits per heavy atom. The fourth-order valence-corrected chi connectivity index (χ4v) is 1.04. The van der Waals surface area contributed by atoms with E-state index in [-0.39, 0.29) is 0 Å². The van der Waals surface area contributed by atoms with E-state index in [4.69, 9.17) is 5.73 Å². The van der Waals surface area contributed by atoms with E-state index >= 15 is 0 Å². The van der Waals surface area contributed by atoms with Gasteiger partial charge < -0.3 is 10.6 Å². The second-order valence-electron chi connectivity index (χ2n) is 3.66. The van der Waals surface area contributed by atoms with Gasteiger partial charge in [-0.1, -0.05) is 19.1 Å². The van der Waals surface area contributed by atoms with Crippen LogP contribution >= 0.6 is 0 Å². The van der Waals surface area contributed by atoms with Gasteiger partial charge in [-0.3, -0.25) is 0 Å². The monoisotopic (exact) mass is 170 g/mol. The average Bonchev–Trinajstić information content (AvgIpc) is 2.00. The summed E-state index contributed by atoms with van der Waals surface area (Å²) in [7, 11) is 4.14. The topological polar surface area (TPSA) is 29.3 Å². The molecule has 0 saturated carbocycles. The average molecular weight is 170 g/mol. The third-order valence-corrected chi connectivity index (χ3v) is 2.00. The molecule has 2 N–H and O–H groups in total. The van der Waals surface area contributed by atoms with Crippen LogP contribution in [0.3, 0.4) is 0 Å². The lowest BCUT2D eigenvalue weighted by molar-refractivity contribution is 0.379. The van der Waals surface area contributed by atoms with Gasteiger partial charge in [0, 0.05) is 6.04 Å². The van der Waals surface area contributed by atoms with Crippen LogP contribution in [0.15, 0.2) is 12.2 Å². The van der Waals surface area contributed by atoms with Crippen molar-refractivity contribution in [3.8, 4) is 0 Å². The standard InChI is InChI=1S/C10H22N2/c1-5-9(2)8-10(11)6-7-12(3)4/h10H,2,5-8,11H2,1,3-4H3. The molecule has 0 aromatic carbocycles. The largest absolute Gasteiger partial charge is 0.327 e. The Morgan fingerprint density at radius 2 is 2.08 bits per heavy atom. The molecule has 0 aliphatic carbocycles. The van der Waals surface area contributed by atoms with Gasteiger partial charge in [-0.25, -0.2) is 0 Å². The third-order valence-electron chi connectivity index (χ3n) is 2.00. The minimum Gasteiger partial charge on any atom is -0.327 e. The molecule has 0 fully saturated rings. The van der Waals surface area contributed by atoms with Crippen molar-refractivity contribution in [3.63, 3.8) is 0 Å². The molecule has 2 heteroatoms. The van der Waals surface area contributed by atoms with E-state index in [1.165, 1.54) is 5.57 Å². The van der Waals surface area contributed by atoms with E-state index in [1.807, 2.05) is 0 Å². The molecular formula is C10H22N2. The normalized spacial score (nSPS) is 13.4. The maximum Gasteiger partial charge on any atom is 0.00881 e. The first kappa shape index (κ1) is 11.7. The van der Waals surface area contributed by atoms with Gasteiger partial charge in [-0.15, -0.1) is 0 Å². The third kappa shape index (κ3) is 6.38. The molecule has 12 heavy (non-hydrogen) atoms. The van der Waals surface area contributed by atoms with Crippen LogP contribution < -0.4 is 5.73 Å². The fraction of sp³-hybridized carbons (Fsp3) is 0.800. The zero-order valence-corrected chi connectivity index (χ0v) is 8.64. The lowest BCUT2D eigenvalue weighted by Gasteiger charge is -2.15. The Bertz CT molecular complexity index is 130. The fourth-order valence-electron chi connectivity index (χ4n) is 1.04. The number of hydrogen-bond donors (Lipinski definition) is 1. The highest BCUT2D eigenvalue weighted by Gasteiger charge is 2.03. The molecule has 0 aliphatic heterocycles. The van der Waals surface area contributed by atoms with E-state index in [0.29, 0.717) is 6.04 Å². The van der Waals surface area contributed by atoms with Crippen LogP contribution in [0.1, 0.15) is 26.2 Å². The van der Waals surface area contributed by atoms with Gasteiger partial charge >= 0.3 is 0 Å². The summed E-state index contributed by atoms with van der Waals surface area (Å²) in [5, 5.41) is 0. The zero-order valence-electron chi connectivity index (χ0n) is 8.64. The first-order valence-corrected chi connectivity index (χ1v) is 4.63. The highest BCUT2D eigenvalue weighted by Crippen LogP contribution is 2.07. The van der Waals surface area contributed by atoms with Crippen molar-refractivity contribution < 1.29 is 0 Å². The molecule has 1 unspecified atom stereocenters. The molecule has 0 spiro atoms. The summed E-state index contributed by atoms with van der Waals surface area (Å²) >= 11 is 0. The van der Waals surface area contributed by atoms with Crippen LogP contribution in [0.2, 0.25) is 0 Å². The Hall–Kier alpha value is -0.340. The summed E-state index contributed by atoms with van der Waals surface area (Å²) in [5.74, 6) is 0. The van der Waals surface area contributed by atoms with Gasteiger partial charge in [0.15, 0.2) is 0 Å². The summed E-state index contributed by atoms with van der Waals surface area (Å²) < 4.78 is 0. The van der Waals surface area contributed by atoms with Crippen molar-refractivity contribution >= 4 is 0 Å². The van der Waals surface area contributed by atoms with Gasteiger partial charge in [0.25, 0.3) is 0 Å². The van der Waals surface area contributed by atoms with Gasteiger partial charge in [0.1, 0.15) is 0 Å². The first-order valence-electron chi connectivity index (χ1n) is 4.63. The predicted molar refractivity (Wildman–Crippen MR) is 55.2 cm³/mol. The van der Waals surface area contributed by atoms with E-state index in [0.717, 1.165) is 25.8 Å². The van der Waals surface area contributed by atoms with Crippen molar-refractivity contribution in [3.05, 3.63) is 12.2 Å². The molecule has 0 heterocycles. The lowest BCUT2D eigenvalue weighted by atomic mass is 10.0. The van der Waals surface area contributed by atoms with Crippen molar-refractivity contribution in [1.29, 1.82) is 0 Å². The zero-order chi connectivity index (χ0) is 9.56. The van der Waals surface area contributed by atoms with Crippen LogP contribution in [-0.2, 0) is 0 Å². The Labute approximate surface area is 76.4 Å². The van der Waals surface area contributed by atoms with Gasteiger partial charge in [0.2, 0.25) is 0 Å². The maximum absolute atomic E-state index is 5.91. The highest BCUT2D eigenvalue weighted by atomic mass is 15.0. The molecule has 0 rings (SSSR count). The second kappa shape index (κ2) is 6.21. The summed E-state index contributed by atoms with van der Waals surface area (Å²) in [5.41, 5.74) is 7.18. The molecule has 0 saturated heterocycles. The summed E-state index contributed by atoms with van der Waals surface area (Å²) in [6, 6.07) is 0.292. The number of hydrogen-bond acceptors (Lipinski definition) is 2. The highest BCUT2D eigenvalue weighted by molar-refractivity contribution is 4.95. The summed E-state index contributed by atoms with van der Waals surface area (Å²) in [6.45, 7) is 7.14. The molecule has 72 valence electrons. The van der Waals surface area contributed by atoms with Crippen LogP contribution in [0.5, 0.6) is 0 Å². The molecule has 0 aromatic rings. The maximum atomic E-state index is 5.91. The minimum absolute atomic E-state index is 0.292. The number of nitrogens with two attached hydrogens (primary N) is 1. The van der Waals surface area contributed by atoms with Gasteiger partial charge in [0.05, 0.1) is 0 Å². The molecular weight excluding hydrogens is 148 g/mol. The Balaban J connectivity index is 3.45. The first-order chi connectivity index (χ1) is 5.56. The quantitative estimate of drug-likeness (QED) is 0.614. The molecule has 0 amide bonds. The van der Waals surface area contributed by atoms with Crippen molar-refractivity contribution in [1.82, 2.24) is 4.90 Å². The van der Waals surface area contributed by atoms with Gasteiger partial charge in [-0.05, 0) is 39.9 Å². The van der Waals surface area contributed by atoms with E-state index in [9.17, 15) is 0 Å². The number of nitrogens with zero attached hydrogens (tertiary/aromatic N) is 1. The van der Waals surface area contributed by atoms with Crippen molar-refractivity contribution in [2.45, 2.75) is 32.2 Å². The van der Waals surface area contributed by atoms with Crippen molar-refractivity contribution in [2.24, 2.45) is 5.73 Å². The van der Waals surface area contributed by atoms with Crippen LogP contribution in [0.25, 0.3) is 0 Å². The van der Waals surface area contributed by atoms with E-state index in [1.54, 1.807) is 0 Å². The molecule has 0 aromatic heterocycles. The SMILES string of the molecule is C=C(CC)CC(N)CCN(C)C. The predicted octanol–water partition coefficient (Wildman–Crippen LogP) is 1.62. The molecule has 2 nitrogen and oxygen atoms in total. The number of rotatable bonds is 6. The Kier molecular flexibility index (Phi) is 6.03. The Morgan fingerprint density at radius 1 is 1.50 bits per heavy atom. The minimum atomic E-state index is 0.292. The van der Waals surface area contributed by atoms with E-state index < -0.39 is 0 Å². The molecule has 0 bridgehead atoms. The summed E-state index contributed by atoms with van der Waals surface area (Å²) in [6.07, 6.45) is 3.09. The van der Waals surface area contributed by atoms with Crippen LogP contribution in [-0.4, -0.2) is 31.6 Å². The smallest absolute Gasteiger partial charge is 0.00881 e. The van der Waals surface area contributed by atoms with Crippen LogP contribution in [0, 0.1) is 0 Å². The summed E-state index contributed by atoms with van der Waals surface area (Å²) in [4.78, 5) is 2.16. The molecule has 1 atom stereocenters.